The Bertz CT molecular complexity index is 1990. The van der Waals surface area contributed by atoms with Crippen LogP contribution in [0, 0.1) is 42.4 Å². The van der Waals surface area contributed by atoms with E-state index in [9.17, 15) is 4.79 Å². The Morgan fingerprint density at radius 1 is 0.889 bits per heavy atom. The molecule has 5 heterocycles. The van der Waals surface area contributed by atoms with Gasteiger partial charge in [0.1, 0.15) is 24.4 Å². The Hall–Kier alpha value is -2.53. The molecule has 2 saturated carbocycles. The van der Waals surface area contributed by atoms with Gasteiger partial charge in [-0.1, -0.05) is 37.3 Å². The van der Waals surface area contributed by atoms with Crippen LogP contribution in [0.4, 0.5) is 5.13 Å². The number of methoxy groups -OCH3 is 3. The van der Waals surface area contributed by atoms with E-state index >= 15 is 4.79 Å². The highest BCUT2D eigenvalue weighted by Crippen LogP contribution is 2.65. The lowest BCUT2D eigenvalue weighted by Crippen LogP contribution is -2.59. The third-order valence-electron chi connectivity index (χ3n) is 16.2. The van der Waals surface area contributed by atoms with Gasteiger partial charge in [-0.15, -0.1) is 0 Å². The maximum Gasteiger partial charge on any atom is 0.306 e. The second kappa shape index (κ2) is 18.6. The van der Waals surface area contributed by atoms with Gasteiger partial charge in [-0.2, -0.15) is 0 Å². The summed E-state index contributed by atoms with van der Waals surface area (Å²) in [6.07, 6.45) is 5.82. The molecule has 2 aromatic rings. The molecule has 63 heavy (non-hydrogen) atoms. The van der Waals surface area contributed by atoms with Crippen molar-refractivity contribution in [1.82, 2.24) is 9.88 Å². The normalized spacial score (nSPS) is 43.1. The summed E-state index contributed by atoms with van der Waals surface area (Å²) < 4.78 is 52.0. The first kappa shape index (κ1) is 45.6. The van der Waals surface area contributed by atoms with Crippen LogP contribution in [0.5, 0.6) is 0 Å². The van der Waals surface area contributed by atoms with Crippen molar-refractivity contribution in [1.29, 1.82) is 0 Å². The van der Waals surface area contributed by atoms with Gasteiger partial charge in [0.2, 0.25) is 0 Å². The second-order valence-electron chi connectivity index (χ2n) is 20.0. The Balaban J connectivity index is 1.04. The molecule has 0 radical (unpaired) electrons. The molecule has 1 aromatic heterocycles. The molecule has 348 valence electrons. The SMILES string of the molecule is CC[C@H]1CCC[C@H](O[C@H]2CC[C@H](N(C)C)C(C)O2)[C@@H](C)C(=O)C2=C[C@H]3[C@@H]4C[C@H](O[C@@H]5OC(C)[C@H](OC)C(OC)[C@@H]5OC)C[C@H]4[C@H]4[C@@H]([C@H]3[C@@H]2CC(=O)O1)N4c1nc2cc(C)ccc2s1. The fourth-order valence-electron chi connectivity index (χ4n) is 13.0. The maximum absolute atomic E-state index is 15.3. The summed E-state index contributed by atoms with van der Waals surface area (Å²) in [4.78, 5) is 39.4. The zero-order chi connectivity index (χ0) is 44.4. The molecule has 0 amide bonds. The largest absolute Gasteiger partial charge is 0.462 e. The monoisotopic (exact) mass is 893 g/mol. The summed E-state index contributed by atoms with van der Waals surface area (Å²) in [5.41, 5.74) is 2.96. The van der Waals surface area contributed by atoms with Crippen molar-refractivity contribution < 1.29 is 47.5 Å². The number of aryl methyl sites for hydroxylation is 1. The topological polar surface area (TPSA) is 127 Å². The van der Waals surface area contributed by atoms with Crippen LogP contribution in [0.2, 0.25) is 0 Å². The van der Waals surface area contributed by atoms with E-state index in [4.69, 9.17) is 42.9 Å². The first-order valence-electron chi connectivity index (χ1n) is 23.8. The van der Waals surface area contributed by atoms with E-state index in [1.54, 1.807) is 32.7 Å². The molecule has 1 aromatic carbocycles. The fourth-order valence-corrected chi connectivity index (χ4v) is 14.1. The van der Waals surface area contributed by atoms with Gasteiger partial charge < -0.3 is 47.7 Å². The zero-order valence-electron chi connectivity index (χ0n) is 39.0. The molecule has 7 aliphatic rings. The molecule has 14 heteroatoms. The molecule has 3 aliphatic carbocycles. The Morgan fingerprint density at radius 2 is 1.65 bits per heavy atom. The molecule has 9 rings (SSSR count). The number of allylic oxidation sites excluding steroid dienone is 2. The number of benzene rings is 1. The van der Waals surface area contributed by atoms with Gasteiger partial charge in [-0.25, -0.2) is 4.98 Å². The highest BCUT2D eigenvalue weighted by Gasteiger charge is 2.70. The number of aromatic nitrogens is 1. The predicted octanol–water partition coefficient (Wildman–Crippen LogP) is 7.11. The summed E-state index contributed by atoms with van der Waals surface area (Å²) in [6.45, 7) is 10.3. The van der Waals surface area contributed by atoms with Crippen molar-refractivity contribution in [3.8, 4) is 0 Å². The van der Waals surface area contributed by atoms with Gasteiger partial charge in [0.25, 0.3) is 0 Å². The number of hydrogen-bond donors (Lipinski definition) is 0. The van der Waals surface area contributed by atoms with Gasteiger partial charge in [0.05, 0.1) is 53.1 Å². The minimum atomic E-state index is -0.636. The van der Waals surface area contributed by atoms with Gasteiger partial charge in [-0.05, 0) is 133 Å². The number of Topliss-reactive ketones (excluding diaryl/α,β-unsaturated/α-hetero) is 1. The van der Waals surface area contributed by atoms with Crippen molar-refractivity contribution in [2.75, 3.05) is 40.3 Å². The molecule has 6 fully saturated rings. The molecule has 0 N–H and O–H groups in total. The molecule has 4 saturated heterocycles. The molecule has 4 aliphatic heterocycles. The van der Waals surface area contributed by atoms with Crippen molar-refractivity contribution in [3.05, 3.63) is 35.4 Å². The minimum absolute atomic E-state index is 0.0168. The van der Waals surface area contributed by atoms with Gasteiger partial charge in [-0.3, -0.25) is 9.59 Å². The quantitative estimate of drug-likeness (QED) is 0.178. The number of ether oxygens (including phenoxy) is 8. The highest BCUT2D eigenvalue weighted by atomic mass is 32.1. The summed E-state index contributed by atoms with van der Waals surface area (Å²) in [5.74, 6) is -0.200. The number of cyclic esters (lactones) is 1. The molecular formula is C49H71N3O10S. The number of thiazole rings is 1. The number of rotatable bonds is 10. The zero-order valence-corrected chi connectivity index (χ0v) is 39.8. The van der Waals surface area contributed by atoms with Crippen LogP contribution >= 0.6 is 11.3 Å². The number of likely N-dealkylation sites (N-methyl/N-ethyl adjacent to an activating group) is 1. The molecule has 0 bridgehead atoms. The number of fused-ring (bicyclic) bond motifs is 9. The predicted molar refractivity (Wildman–Crippen MR) is 240 cm³/mol. The van der Waals surface area contributed by atoms with Gasteiger partial charge in [0, 0.05) is 39.2 Å². The Kier molecular flexibility index (Phi) is 13.5. The molecule has 13 nitrogen and oxygen atoms in total. The third kappa shape index (κ3) is 8.56. The highest BCUT2D eigenvalue weighted by molar-refractivity contribution is 7.22. The van der Waals surface area contributed by atoms with E-state index in [-0.39, 0.29) is 109 Å². The summed E-state index contributed by atoms with van der Waals surface area (Å²) in [5, 5.41) is 1.01. The smallest absolute Gasteiger partial charge is 0.306 e. The standard InChI is InChI=1S/C49H71N3O10S/c1-11-28-13-12-14-37(62-40-18-16-36(51(6)7)26(4)58-40)25(3)44(54)34-22-31-30-20-29(61-48-47(57-10)46(56-9)45(55-8)27(5)59-48)21-33(30)42-43(41(31)32(34)23-39(53)60-28)52(42)49-50-35-19-24(2)15-17-38(35)63-49/h15,17,19,22,25-33,36-37,40-43,45-48H,11-14,16,18,20-21,23H2,1-10H3/t25-,26?,27?,28+,29+,30+,31+,32-,33-,36+,37+,40+,41-,42+,43-,45+,46?,47+,48+,52?/m1/s1. The van der Waals surface area contributed by atoms with Crippen LogP contribution in [0.25, 0.3) is 10.2 Å². The summed E-state index contributed by atoms with van der Waals surface area (Å²) in [6, 6.07) is 7.12. The Morgan fingerprint density at radius 3 is 2.37 bits per heavy atom. The third-order valence-corrected chi connectivity index (χ3v) is 17.2. The van der Waals surface area contributed by atoms with E-state index in [0.717, 1.165) is 65.9 Å². The fraction of sp³-hybridized carbons (Fsp3) is 0.776. The van der Waals surface area contributed by atoms with Crippen molar-refractivity contribution in [3.63, 3.8) is 0 Å². The van der Waals surface area contributed by atoms with Crippen LogP contribution in [-0.4, -0.2) is 137 Å². The van der Waals surface area contributed by atoms with Crippen molar-refractivity contribution in [2.24, 2.45) is 35.5 Å². The van der Waals surface area contributed by atoms with Gasteiger partial charge >= 0.3 is 5.97 Å². The number of esters is 1. The van der Waals surface area contributed by atoms with E-state index in [1.165, 1.54) is 5.56 Å². The number of carbonyl (C=O) groups excluding carboxylic acids is 2. The average molecular weight is 894 g/mol. The molecule has 3 unspecified atom stereocenters. The summed E-state index contributed by atoms with van der Waals surface area (Å²) >= 11 is 1.73. The van der Waals surface area contributed by atoms with Crippen LogP contribution < -0.4 is 4.90 Å². The lowest BCUT2D eigenvalue weighted by molar-refractivity contribution is -0.314. The second-order valence-corrected chi connectivity index (χ2v) is 21.0. The van der Waals surface area contributed by atoms with Crippen LogP contribution in [0.15, 0.2) is 29.8 Å². The molecular weight excluding hydrogens is 823 g/mol. The molecule has 0 spiro atoms. The number of anilines is 1. The average Bonchev–Trinajstić information content (AvgIpc) is 3.48. The first-order valence-corrected chi connectivity index (χ1v) is 24.6. The lowest BCUT2D eigenvalue weighted by Gasteiger charge is -2.44. The van der Waals surface area contributed by atoms with Crippen molar-refractivity contribution >= 4 is 38.4 Å². The lowest BCUT2D eigenvalue weighted by atomic mass is 9.66. The molecule has 19 atom stereocenters. The number of hydrogen-bond acceptors (Lipinski definition) is 14. The van der Waals surface area contributed by atoms with Crippen LogP contribution in [0.1, 0.15) is 91.0 Å². The van der Waals surface area contributed by atoms with Crippen LogP contribution in [0.3, 0.4) is 0 Å². The minimum Gasteiger partial charge on any atom is -0.462 e. The van der Waals surface area contributed by atoms with Crippen molar-refractivity contribution in [2.45, 2.75) is 172 Å². The number of ketones is 1. The Labute approximate surface area is 377 Å². The number of nitrogens with zero attached hydrogens (tertiary/aromatic N) is 3. The summed E-state index contributed by atoms with van der Waals surface area (Å²) in [7, 11) is 9.21. The maximum atomic E-state index is 15.3. The van der Waals surface area contributed by atoms with E-state index in [0.29, 0.717) is 12.5 Å². The number of carbonyl (C=O) groups is 2. The van der Waals surface area contributed by atoms with Gasteiger partial charge in [0.15, 0.2) is 23.5 Å². The van der Waals surface area contributed by atoms with E-state index in [2.05, 4.69) is 68.9 Å². The van der Waals surface area contributed by atoms with E-state index < -0.39 is 18.3 Å². The van der Waals surface area contributed by atoms with Crippen LogP contribution in [-0.2, 0) is 47.5 Å². The first-order chi connectivity index (χ1) is 30.3. The van der Waals surface area contributed by atoms with E-state index in [1.807, 2.05) is 13.8 Å².